The van der Waals surface area contributed by atoms with Crippen molar-refractivity contribution in [2.24, 2.45) is 5.92 Å². The van der Waals surface area contributed by atoms with Crippen LogP contribution in [0.25, 0.3) is 0 Å². The fourth-order valence-electron chi connectivity index (χ4n) is 2.63. The predicted molar refractivity (Wildman–Crippen MR) is 93.9 cm³/mol. The van der Waals surface area contributed by atoms with Crippen LogP contribution >= 0.6 is 11.8 Å². The number of para-hydroxylation sites is 1. The second-order valence-electron chi connectivity index (χ2n) is 5.63. The van der Waals surface area contributed by atoms with Gasteiger partial charge in [-0.05, 0) is 42.4 Å². The Labute approximate surface area is 141 Å². The Hall–Kier alpha value is -1.94. The number of carbonyl (C=O) groups excluding carboxylic acids is 1. The number of benzene rings is 2. The van der Waals surface area contributed by atoms with Gasteiger partial charge >= 0.3 is 0 Å². The van der Waals surface area contributed by atoms with Gasteiger partial charge in [0, 0.05) is 11.4 Å². The Morgan fingerprint density at radius 1 is 1.13 bits per heavy atom. The standard InChI is InChI=1S/C19H21NO2S/c21-19(16-13-15-7-4-5-10-18(15)22-14-16)20-11-6-12-23-17-8-2-1-3-9-17/h1-5,7-10,16H,6,11-14H2,(H,20,21). The summed E-state index contributed by atoms with van der Waals surface area (Å²) in [5, 5.41) is 3.04. The van der Waals surface area contributed by atoms with E-state index in [0.29, 0.717) is 6.61 Å². The maximum atomic E-state index is 12.2. The van der Waals surface area contributed by atoms with Crippen LogP contribution in [0.2, 0.25) is 0 Å². The van der Waals surface area contributed by atoms with Gasteiger partial charge in [-0.2, -0.15) is 0 Å². The number of fused-ring (bicyclic) bond motifs is 1. The Bertz CT molecular complexity index is 645. The SMILES string of the molecule is O=C(NCCCSc1ccccc1)C1COc2ccccc2C1. The number of carbonyl (C=O) groups is 1. The predicted octanol–water partition coefficient (Wildman–Crippen LogP) is 3.54. The van der Waals surface area contributed by atoms with Crippen LogP contribution in [0, 0.1) is 5.92 Å². The van der Waals surface area contributed by atoms with E-state index in [1.54, 1.807) is 0 Å². The van der Waals surface area contributed by atoms with E-state index in [1.165, 1.54) is 4.90 Å². The van der Waals surface area contributed by atoms with E-state index < -0.39 is 0 Å². The highest BCUT2D eigenvalue weighted by Gasteiger charge is 2.25. The van der Waals surface area contributed by atoms with Crippen LogP contribution in [-0.4, -0.2) is 24.8 Å². The van der Waals surface area contributed by atoms with Crippen molar-refractivity contribution < 1.29 is 9.53 Å². The zero-order valence-corrected chi connectivity index (χ0v) is 13.9. The third kappa shape index (κ3) is 4.52. The molecule has 1 aliphatic heterocycles. The Morgan fingerprint density at radius 2 is 1.91 bits per heavy atom. The van der Waals surface area contributed by atoms with Gasteiger partial charge in [-0.25, -0.2) is 0 Å². The van der Waals surface area contributed by atoms with Crippen molar-refractivity contribution in [2.45, 2.75) is 17.7 Å². The molecule has 1 aliphatic rings. The fourth-order valence-corrected chi connectivity index (χ4v) is 3.51. The molecule has 0 saturated heterocycles. The second kappa shape index (κ2) is 8.06. The lowest BCUT2D eigenvalue weighted by atomic mass is 9.96. The van der Waals surface area contributed by atoms with Gasteiger partial charge in [0.05, 0.1) is 5.92 Å². The number of ether oxygens (including phenoxy) is 1. The Morgan fingerprint density at radius 3 is 2.78 bits per heavy atom. The van der Waals surface area contributed by atoms with Crippen LogP contribution in [0.3, 0.4) is 0 Å². The third-order valence-corrected chi connectivity index (χ3v) is 4.98. The number of hydrogen-bond donors (Lipinski definition) is 1. The van der Waals surface area contributed by atoms with Gasteiger partial charge in [-0.3, -0.25) is 4.79 Å². The highest BCUT2D eigenvalue weighted by Crippen LogP contribution is 2.26. The van der Waals surface area contributed by atoms with Crippen molar-refractivity contribution in [3.63, 3.8) is 0 Å². The van der Waals surface area contributed by atoms with Crippen molar-refractivity contribution in [1.29, 1.82) is 0 Å². The molecule has 0 radical (unpaired) electrons. The summed E-state index contributed by atoms with van der Waals surface area (Å²) in [6.45, 7) is 1.19. The second-order valence-corrected chi connectivity index (χ2v) is 6.79. The van der Waals surface area contributed by atoms with Crippen LogP contribution in [0.15, 0.2) is 59.5 Å². The average Bonchev–Trinajstić information content (AvgIpc) is 2.61. The van der Waals surface area contributed by atoms with E-state index in [2.05, 4.69) is 17.4 Å². The molecule has 0 saturated carbocycles. The van der Waals surface area contributed by atoms with Crippen LogP contribution in [-0.2, 0) is 11.2 Å². The summed E-state index contributed by atoms with van der Waals surface area (Å²) in [5.74, 6) is 1.94. The molecule has 1 N–H and O–H groups in total. The lowest BCUT2D eigenvalue weighted by molar-refractivity contribution is -0.126. The zero-order chi connectivity index (χ0) is 15.9. The van der Waals surface area contributed by atoms with Crippen LogP contribution in [0.4, 0.5) is 0 Å². The molecule has 3 rings (SSSR count). The first kappa shape index (κ1) is 15.9. The summed E-state index contributed by atoms with van der Waals surface area (Å²) in [6.07, 6.45) is 1.73. The molecule has 0 spiro atoms. The largest absolute Gasteiger partial charge is 0.492 e. The molecule has 1 unspecified atom stereocenters. The fraction of sp³-hybridized carbons (Fsp3) is 0.316. The molecule has 3 nitrogen and oxygen atoms in total. The van der Waals surface area contributed by atoms with E-state index >= 15 is 0 Å². The maximum Gasteiger partial charge on any atom is 0.226 e. The zero-order valence-electron chi connectivity index (χ0n) is 13.0. The number of hydrogen-bond acceptors (Lipinski definition) is 3. The maximum absolute atomic E-state index is 12.2. The molecule has 1 atom stereocenters. The number of rotatable bonds is 6. The summed E-state index contributed by atoms with van der Waals surface area (Å²) >= 11 is 1.82. The minimum Gasteiger partial charge on any atom is -0.492 e. The van der Waals surface area contributed by atoms with Crippen molar-refractivity contribution in [2.75, 3.05) is 18.9 Å². The summed E-state index contributed by atoms with van der Waals surface area (Å²) in [4.78, 5) is 13.5. The van der Waals surface area contributed by atoms with Gasteiger partial charge in [0.1, 0.15) is 12.4 Å². The molecule has 0 aliphatic carbocycles. The molecule has 0 aromatic heterocycles. The third-order valence-electron chi connectivity index (χ3n) is 3.88. The molecular formula is C19H21NO2S. The minimum absolute atomic E-state index is 0.0772. The molecule has 1 heterocycles. The lowest BCUT2D eigenvalue weighted by Crippen LogP contribution is -2.37. The molecule has 2 aromatic carbocycles. The number of thioether (sulfide) groups is 1. The molecule has 0 fully saturated rings. The van der Waals surface area contributed by atoms with Crippen LogP contribution in [0.5, 0.6) is 5.75 Å². The van der Waals surface area contributed by atoms with Gasteiger partial charge < -0.3 is 10.1 Å². The van der Waals surface area contributed by atoms with E-state index in [4.69, 9.17) is 4.74 Å². The molecular weight excluding hydrogens is 306 g/mol. The van der Waals surface area contributed by atoms with E-state index in [1.807, 2.05) is 54.2 Å². The quantitative estimate of drug-likeness (QED) is 0.651. The summed E-state index contributed by atoms with van der Waals surface area (Å²) in [5.41, 5.74) is 1.12. The average molecular weight is 327 g/mol. The monoisotopic (exact) mass is 327 g/mol. The summed E-state index contributed by atoms with van der Waals surface area (Å²) in [6, 6.07) is 18.3. The Kier molecular flexibility index (Phi) is 5.59. The minimum atomic E-state index is -0.0772. The molecule has 2 aromatic rings. The first-order valence-electron chi connectivity index (χ1n) is 7.99. The molecule has 1 amide bonds. The van der Waals surface area contributed by atoms with E-state index in [9.17, 15) is 4.79 Å². The summed E-state index contributed by atoms with van der Waals surface area (Å²) < 4.78 is 5.68. The first-order chi connectivity index (χ1) is 11.3. The lowest BCUT2D eigenvalue weighted by Gasteiger charge is -2.24. The topological polar surface area (TPSA) is 38.3 Å². The van der Waals surface area contributed by atoms with Gasteiger partial charge in [0.15, 0.2) is 0 Å². The van der Waals surface area contributed by atoms with Crippen LogP contribution in [0.1, 0.15) is 12.0 Å². The molecule has 4 heteroatoms. The van der Waals surface area contributed by atoms with Crippen molar-refractivity contribution >= 4 is 17.7 Å². The van der Waals surface area contributed by atoms with E-state index in [-0.39, 0.29) is 11.8 Å². The molecule has 0 bridgehead atoms. The highest BCUT2D eigenvalue weighted by molar-refractivity contribution is 7.99. The van der Waals surface area contributed by atoms with Gasteiger partial charge in [-0.1, -0.05) is 36.4 Å². The first-order valence-corrected chi connectivity index (χ1v) is 8.98. The normalized spacial score (nSPS) is 16.3. The molecule has 120 valence electrons. The van der Waals surface area contributed by atoms with Crippen LogP contribution < -0.4 is 10.1 Å². The smallest absolute Gasteiger partial charge is 0.226 e. The number of nitrogens with one attached hydrogen (secondary N) is 1. The van der Waals surface area contributed by atoms with Crippen molar-refractivity contribution in [1.82, 2.24) is 5.32 Å². The number of amides is 1. The highest BCUT2D eigenvalue weighted by atomic mass is 32.2. The van der Waals surface area contributed by atoms with E-state index in [0.717, 1.165) is 36.5 Å². The van der Waals surface area contributed by atoms with Gasteiger partial charge in [0.2, 0.25) is 5.91 Å². The molecule has 23 heavy (non-hydrogen) atoms. The van der Waals surface area contributed by atoms with Gasteiger partial charge in [0.25, 0.3) is 0 Å². The summed E-state index contributed by atoms with van der Waals surface area (Å²) in [7, 11) is 0. The van der Waals surface area contributed by atoms with Crippen molar-refractivity contribution in [3.8, 4) is 5.75 Å². The van der Waals surface area contributed by atoms with Crippen molar-refractivity contribution in [3.05, 3.63) is 60.2 Å². The van der Waals surface area contributed by atoms with Gasteiger partial charge in [-0.15, -0.1) is 11.8 Å². The Balaban J connectivity index is 1.37.